The van der Waals surface area contributed by atoms with Crippen molar-refractivity contribution in [3.8, 4) is 0 Å². The van der Waals surface area contributed by atoms with Crippen molar-refractivity contribution in [1.29, 1.82) is 0 Å². The third-order valence-electron chi connectivity index (χ3n) is 4.77. The quantitative estimate of drug-likeness (QED) is 0.900. The van der Waals surface area contributed by atoms with Crippen LogP contribution in [0.15, 0.2) is 30.3 Å². The van der Waals surface area contributed by atoms with E-state index in [0.717, 1.165) is 32.1 Å². The number of nitrogens with zero attached hydrogens (tertiary/aromatic N) is 1. The fraction of sp³-hybridized carbons (Fsp3) is 0.667. The molecule has 21 heavy (non-hydrogen) atoms. The van der Waals surface area contributed by atoms with Crippen LogP contribution in [0.1, 0.15) is 24.8 Å². The van der Waals surface area contributed by atoms with Crippen LogP contribution in [0.25, 0.3) is 0 Å². The summed E-state index contributed by atoms with van der Waals surface area (Å²) < 4.78 is 5.49. The number of nitrogens with one attached hydrogen (secondary N) is 1. The van der Waals surface area contributed by atoms with Crippen molar-refractivity contribution in [1.82, 2.24) is 10.2 Å². The average molecular weight is 288 g/mol. The van der Waals surface area contributed by atoms with Gasteiger partial charge in [-0.05, 0) is 56.8 Å². The van der Waals surface area contributed by atoms with Crippen LogP contribution in [-0.4, -0.2) is 50.3 Å². The second kappa shape index (κ2) is 7.92. The van der Waals surface area contributed by atoms with Crippen molar-refractivity contribution >= 4 is 0 Å². The van der Waals surface area contributed by atoms with E-state index in [-0.39, 0.29) is 0 Å². The number of hydrogen-bond acceptors (Lipinski definition) is 3. The lowest BCUT2D eigenvalue weighted by Crippen LogP contribution is -2.39. The van der Waals surface area contributed by atoms with Crippen LogP contribution in [0.4, 0.5) is 0 Å². The molecule has 1 aromatic rings. The van der Waals surface area contributed by atoms with Gasteiger partial charge in [-0.3, -0.25) is 0 Å². The predicted molar refractivity (Wildman–Crippen MR) is 86.5 cm³/mol. The maximum absolute atomic E-state index is 5.49. The lowest BCUT2D eigenvalue weighted by Gasteiger charge is -2.25. The molecule has 0 bridgehead atoms. The second-order valence-electron chi connectivity index (χ2n) is 6.51. The molecule has 2 atom stereocenters. The Bertz CT molecular complexity index is 403. The zero-order valence-corrected chi connectivity index (χ0v) is 13.0. The first kappa shape index (κ1) is 15.0. The highest BCUT2D eigenvalue weighted by molar-refractivity contribution is 5.16. The lowest BCUT2D eigenvalue weighted by molar-refractivity contribution is 0.177. The highest BCUT2D eigenvalue weighted by Gasteiger charge is 2.20. The molecule has 116 valence electrons. The van der Waals surface area contributed by atoms with Crippen molar-refractivity contribution < 1.29 is 4.74 Å². The Morgan fingerprint density at radius 1 is 1.24 bits per heavy atom. The van der Waals surface area contributed by atoms with Gasteiger partial charge in [0.1, 0.15) is 0 Å². The molecule has 1 N–H and O–H groups in total. The van der Waals surface area contributed by atoms with Gasteiger partial charge >= 0.3 is 0 Å². The molecule has 2 unspecified atom stereocenters. The molecule has 0 radical (unpaired) electrons. The van der Waals surface area contributed by atoms with Gasteiger partial charge in [0.2, 0.25) is 0 Å². The molecule has 3 rings (SSSR count). The monoisotopic (exact) mass is 288 g/mol. The SMILES string of the molecule is c1ccc(CC2CN(CCC3CCOC3)CCCN2)cc1. The van der Waals surface area contributed by atoms with Gasteiger partial charge in [-0.2, -0.15) is 0 Å². The minimum absolute atomic E-state index is 0.592. The largest absolute Gasteiger partial charge is 0.381 e. The molecule has 2 aliphatic heterocycles. The average Bonchev–Trinajstić information content (AvgIpc) is 2.93. The molecule has 3 heteroatoms. The maximum atomic E-state index is 5.49. The number of hydrogen-bond donors (Lipinski definition) is 1. The molecule has 0 aliphatic carbocycles. The number of ether oxygens (including phenoxy) is 1. The van der Waals surface area contributed by atoms with Crippen LogP contribution in [0.3, 0.4) is 0 Å². The molecule has 0 spiro atoms. The van der Waals surface area contributed by atoms with Crippen molar-refractivity contribution in [3.63, 3.8) is 0 Å². The van der Waals surface area contributed by atoms with Crippen LogP contribution in [0, 0.1) is 5.92 Å². The van der Waals surface area contributed by atoms with Gasteiger partial charge in [-0.1, -0.05) is 30.3 Å². The lowest BCUT2D eigenvalue weighted by atomic mass is 10.0. The summed E-state index contributed by atoms with van der Waals surface area (Å²) in [6.45, 7) is 6.78. The van der Waals surface area contributed by atoms with E-state index in [1.54, 1.807) is 0 Å². The standard InChI is InChI=1S/C18H28N2O/c1-2-5-16(6-3-1)13-18-14-20(10-4-9-19-18)11-7-17-8-12-21-15-17/h1-3,5-6,17-19H,4,7-15H2. The van der Waals surface area contributed by atoms with E-state index < -0.39 is 0 Å². The van der Waals surface area contributed by atoms with Crippen molar-refractivity contribution in [2.24, 2.45) is 5.92 Å². The highest BCUT2D eigenvalue weighted by Crippen LogP contribution is 2.17. The molecule has 2 saturated heterocycles. The Morgan fingerprint density at radius 3 is 2.95 bits per heavy atom. The summed E-state index contributed by atoms with van der Waals surface area (Å²) >= 11 is 0. The van der Waals surface area contributed by atoms with Crippen molar-refractivity contribution in [3.05, 3.63) is 35.9 Å². The topological polar surface area (TPSA) is 24.5 Å². The van der Waals surface area contributed by atoms with Gasteiger partial charge in [0.15, 0.2) is 0 Å². The van der Waals surface area contributed by atoms with E-state index in [2.05, 4.69) is 40.5 Å². The van der Waals surface area contributed by atoms with Gasteiger partial charge in [0.25, 0.3) is 0 Å². The van der Waals surface area contributed by atoms with Crippen LogP contribution in [0.5, 0.6) is 0 Å². The number of benzene rings is 1. The predicted octanol–water partition coefficient (Wildman–Crippen LogP) is 2.32. The summed E-state index contributed by atoms with van der Waals surface area (Å²) in [7, 11) is 0. The molecule has 0 saturated carbocycles. The fourth-order valence-electron chi connectivity index (χ4n) is 3.49. The third kappa shape index (κ3) is 4.80. The van der Waals surface area contributed by atoms with Crippen LogP contribution in [0.2, 0.25) is 0 Å². The fourth-order valence-corrected chi connectivity index (χ4v) is 3.49. The number of rotatable bonds is 5. The maximum Gasteiger partial charge on any atom is 0.0495 e. The smallest absolute Gasteiger partial charge is 0.0495 e. The normalized spacial score (nSPS) is 27.6. The summed E-state index contributed by atoms with van der Waals surface area (Å²) in [5.41, 5.74) is 1.45. The van der Waals surface area contributed by atoms with Gasteiger partial charge in [-0.15, -0.1) is 0 Å². The molecule has 0 amide bonds. The summed E-state index contributed by atoms with van der Waals surface area (Å²) in [5, 5.41) is 3.72. The highest BCUT2D eigenvalue weighted by atomic mass is 16.5. The van der Waals surface area contributed by atoms with Crippen LogP contribution in [-0.2, 0) is 11.2 Å². The van der Waals surface area contributed by atoms with E-state index in [0.29, 0.717) is 6.04 Å². The molecule has 2 heterocycles. The molecule has 1 aromatic carbocycles. The Kier molecular flexibility index (Phi) is 5.67. The first-order valence-corrected chi connectivity index (χ1v) is 8.47. The molecule has 2 aliphatic rings. The minimum atomic E-state index is 0.592. The molecule has 0 aromatic heterocycles. The van der Waals surface area contributed by atoms with Crippen molar-refractivity contribution in [2.75, 3.05) is 39.4 Å². The summed E-state index contributed by atoms with van der Waals surface area (Å²) in [6, 6.07) is 11.5. The zero-order valence-electron chi connectivity index (χ0n) is 13.0. The zero-order chi connectivity index (χ0) is 14.3. The minimum Gasteiger partial charge on any atom is -0.381 e. The Morgan fingerprint density at radius 2 is 2.14 bits per heavy atom. The van der Waals surface area contributed by atoms with Crippen LogP contribution < -0.4 is 5.32 Å². The summed E-state index contributed by atoms with van der Waals surface area (Å²) in [4.78, 5) is 2.66. The van der Waals surface area contributed by atoms with E-state index in [4.69, 9.17) is 4.74 Å². The van der Waals surface area contributed by atoms with E-state index in [1.807, 2.05) is 0 Å². The second-order valence-corrected chi connectivity index (χ2v) is 6.51. The molecular weight excluding hydrogens is 260 g/mol. The van der Waals surface area contributed by atoms with Gasteiger partial charge < -0.3 is 15.0 Å². The van der Waals surface area contributed by atoms with Crippen molar-refractivity contribution in [2.45, 2.75) is 31.7 Å². The van der Waals surface area contributed by atoms with Gasteiger partial charge in [0.05, 0.1) is 0 Å². The van der Waals surface area contributed by atoms with E-state index in [9.17, 15) is 0 Å². The molecule has 2 fully saturated rings. The first-order chi connectivity index (χ1) is 10.4. The molecular formula is C18H28N2O. The Hall–Kier alpha value is -0.900. The van der Waals surface area contributed by atoms with E-state index in [1.165, 1.54) is 44.5 Å². The molecule has 3 nitrogen and oxygen atoms in total. The van der Waals surface area contributed by atoms with E-state index >= 15 is 0 Å². The first-order valence-electron chi connectivity index (χ1n) is 8.47. The third-order valence-corrected chi connectivity index (χ3v) is 4.77. The Balaban J connectivity index is 1.48. The summed E-state index contributed by atoms with van der Waals surface area (Å²) in [5.74, 6) is 0.800. The summed E-state index contributed by atoms with van der Waals surface area (Å²) in [6.07, 6.45) is 4.98. The van der Waals surface area contributed by atoms with Gasteiger partial charge in [-0.25, -0.2) is 0 Å². The van der Waals surface area contributed by atoms with Crippen LogP contribution >= 0.6 is 0 Å². The Labute approximate surface area is 128 Å². The van der Waals surface area contributed by atoms with Gasteiger partial charge in [0, 0.05) is 25.8 Å².